The van der Waals surface area contributed by atoms with Gasteiger partial charge in [-0.15, -0.1) is 0 Å². The summed E-state index contributed by atoms with van der Waals surface area (Å²) in [5, 5.41) is 16.4. The van der Waals surface area contributed by atoms with Crippen LogP contribution >= 0.6 is 0 Å². The highest BCUT2D eigenvalue weighted by Gasteiger charge is 2.67. The Morgan fingerprint density at radius 3 is 1.25 bits per heavy atom. The van der Waals surface area contributed by atoms with Gasteiger partial charge in [0, 0.05) is 0 Å². The van der Waals surface area contributed by atoms with E-state index in [9.17, 15) is 32.8 Å². The highest BCUT2D eigenvalue weighted by Crippen LogP contribution is 2.55. The second kappa shape index (κ2) is 5.00. The molecule has 0 bridgehead atoms. The normalized spacial score (nSPS) is 15.8. The molecule has 1 atom stereocenters. The Labute approximate surface area is 118 Å². The number of carbonyl (C=O) groups is 2. The summed E-state index contributed by atoms with van der Waals surface area (Å²) in [7, 11) is -5.11. The summed E-state index contributed by atoms with van der Waals surface area (Å²) < 4.78 is 32.3. The lowest BCUT2D eigenvalue weighted by atomic mass is 9.52. The highest BCUT2D eigenvalue weighted by atomic mass is 32.2. The van der Waals surface area contributed by atoms with Crippen LogP contribution in [-0.2, 0) is 19.7 Å². The van der Waals surface area contributed by atoms with Gasteiger partial charge in [-0.2, -0.15) is 8.42 Å². The van der Waals surface area contributed by atoms with Crippen molar-refractivity contribution in [2.45, 2.75) is 46.8 Å². The summed E-state index contributed by atoms with van der Waals surface area (Å²) in [6, 6.07) is 0. The Morgan fingerprint density at radius 1 is 0.900 bits per heavy atom. The van der Waals surface area contributed by atoms with Crippen molar-refractivity contribution in [1.29, 1.82) is 0 Å². The Balaban J connectivity index is 6.87. The van der Waals surface area contributed by atoms with Crippen LogP contribution < -0.4 is 0 Å². The zero-order valence-electron chi connectivity index (χ0n) is 12.5. The number of rotatable bonds is 4. The molecule has 0 spiro atoms. The van der Waals surface area contributed by atoms with Gasteiger partial charge in [0.05, 0.1) is 0 Å². The quantitative estimate of drug-likeness (QED) is 0.671. The van der Waals surface area contributed by atoms with Gasteiger partial charge in [-0.25, -0.2) is 0 Å². The van der Waals surface area contributed by atoms with Crippen LogP contribution in [0.2, 0.25) is 0 Å². The Bertz CT molecular complexity index is 491. The number of aliphatic carboxylic acids is 2. The summed E-state index contributed by atoms with van der Waals surface area (Å²) >= 11 is 0. The van der Waals surface area contributed by atoms with Gasteiger partial charge < -0.3 is 10.2 Å². The first-order valence-electron chi connectivity index (χ1n) is 5.93. The lowest BCUT2D eigenvalue weighted by molar-refractivity contribution is -0.175. The number of hydrogen-bond donors (Lipinski definition) is 3. The van der Waals surface area contributed by atoms with Crippen molar-refractivity contribution >= 4 is 22.1 Å². The van der Waals surface area contributed by atoms with Crippen LogP contribution in [0.15, 0.2) is 0 Å². The second-order valence-electron chi connectivity index (χ2n) is 6.85. The second-order valence-corrected chi connectivity index (χ2v) is 8.35. The maximum atomic E-state index is 11.9. The summed E-state index contributed by atoms with van der Waals surface area (Å²) in [5.74, 6) is -3.47. The van der Waals surface area contributed by atoms with Crippen molar-refractivity contribution < 1.29 is 32.8 Å². The molecule has 0 heterocycles. The standard InChI is InChI=1S/C12H22O7S/c1-10(2,3)12(9(15)16,11(4,5)6)7(8(13)14)20(17,18)19/h7H,1-6H3,(H,13,14)(H,15,16)(H,17,18,19). The topological polar surface area (TPSA) is 129 Å². The molecule has 0 aliphatic rings. The monoisotopic (exact) mass is 310 g/mol. The van der Waals surface area contributed by atoms with Crippen molar-refractivity contribution in [3.63, 3.8) is 0 Å². The summed E-state index contributed by atoms with van der Waals surface area (Å²) in [4.78, 5) is 23.3. The maximum Gasteiger partial charge on any atom is 0.325 e. The summed E-state index contributed by atoms with van der Waals surface area (Å²) in [5.41, 5.74) is -4.70. The van der Waals surface area contributed by atoms with E-state index < -0.39 is 43.6 Å². The van der Waals surface area contributed by atoms with Gasteiger partial charge in [-0.1, -0.05) is 41.5 Å². The van der Waals surface area contributed by atoms with E-state index in [0.29, 0.717) is 0 Å². The minimum atomic E-state index is -5.11. The van der Waals surface area contributed by atoms with E-state index in [0.717, 1.165) is 0 Å². The van der Waals surface area contributed by atoms with E-state index in [-0.39, 0.29) is 0 Å². The van der Waals surface area contributed by atoms with E-state index >= 15 is 0 Å². The molecule has 0 radical (unpaired) electrons. The van der Waals surface area contributed by atoms with E-state index in [2.05, 4.69) is 0 Å². The van der Waals surface area contributed by atoms with Crippen molar-refractivity contribution in [2.24, 2.45) is 16.2 Å². The highest BCUT2D eigenvalue weighted by molar-refractivity contribution is 7.87. The largest absolute Gasteiger partial charge is 0.481 e. The first-order valence-corrected chi connectivity index (χ1v) is 7.44. The van der Waals surface area contributed by atoms with E-state index in [1.807, 2.05) is 0 Å². The molecule has 0 saturated heterocycles. The molecule has 0 amide bonds. The minimum Gasteiger partial charge on any atom is -0.481 e. The molecular weight excluding hydrogens is 288 g/mol. The van der Waals surface area contributed by atoms with Gasteiger partial charge >= 0.3 is 11.9 Å². The van der Waals surface area contributed by atoms with Gasteiger partial charge in [-0.3, -0.25) is 14.1 Å². The van der Waals surface area contributed by atoms with Gasteiger partial charge in [0.15, 0.2) is 0 Å². The summed E-state index contributed by atoms with van der Waals surface area (Å²) in [6.07, 6.45) is 0. The molecule has 0 aromatic rings. The number of carboxylic acid groups (broad SMARTS) is 2. The van der Waals surface area contributed by atoms with Crippen LogP contribution in [0.3, 0.4) is 0 Å². The average molecular weight is 310 g/mol. The molecule has 0 rings (SSSR count). The van der Waals surface area contributed by atoms with Crippen LogP contribution in [0, 0.1) is 16.2 Å². The first-order chi connectivity index (χ1) is 8.51. The Kier molecular flexibility index (Phi) is 4.71. The van der Waals surface area contributed by atoms with Crippen molar-refractivity contribution in [2.75, 3.05) is 0 Å². The summed E-state index contributed by atoms with van der Waals surface area (Å²) in [6.45, 7) is 8.63. The fourth-order valence-corrected chi connectivity index (χ4v) is 4.71. The lowest BCUT2D eigenvalue weighted by Gasteiger charge is -2.51. The van der Waals surface area contributed by atoms with E-state index in [1.54, 1.807) is 0 Å². The molecule has 0 aliphatic carbocycles. The third-order valence-electron chi connectivity index (χ3n) is 3.62. The molecule has 3 N–H and O–H groups in total. The van der Waals surface area contributed by atoms with Gasteiger partial charge in [0.1, 0.15) is 5.41 Å². The van der Waals surface area contributed by atoms with E-state index in [4.69, 9.17) is 0 Å². The Morgan fingerprint density at radius 2 is 1.20 bits per heavy atom. The molecule has 1 unspecified atom stereocenters. The van der Waals surface area contributed by atoms with Crippen LogP contribution in [0.25, 0.3) is 0 Å². The van der Waals surface area contributed by atoms with Gasteiger partial charge in [0.25, 0.3) is 10.1 Å². The maximum absolute atomic E-state index is 11.9. The molecule has 8 heteroatoms. The van der Waals surface area contributed by atoms with Crippen LogP contribution in [0.5, 0.6) is 0 Å². The number of carboxylic acids is 2. The van der Waals surface area contributed by atoms with Crippen LogP contribution in [0.1, 0.15) is 41.5 Å². The number of hydrogen-bond acceptors (Lipinski definition) is 4. The van der Waals surface area contributed by atoms with Crippen LogP contribution in [-0.4, -0.2) is 40.4 Å². The third-order valence-corrected chi connectivity index (χ3v) is 4.77. The fraction of sp³-hybridized carbons (Fsp3) is 0.833. The molecule has 0 aromatic heterocycles. The molecule has 0 saturated carbocycles. The molecule has 20 heavy (non-hydrogen) atoms. The van der Waals surface area contributed by atoms with Crippen molar-refractivity contribution in [1.82, 2.24) is 0 Å². The molecule has 7 nitrogen and oxygen atoms in total. The third kappa shape index (κ3) is 2.80. The molecular formula is C12H22O7S. The lowest BCUT2D eigenvalue weighted by Crippen LogP contribution is -2.64. The fourth-order valence-electron chi connectivity index (χ4n) is 3.20. The first kappa shape index (κ1) is 18.9. The average Bonchev–Trinajstić information content (AvgIpc) is 2.05. The minimum absolute atomic E-state index is 1.24. The zero-order chi connectivity index (χ0) is 16.7. The van der Waals surface area contributed by atoms with E-state index in [1.165, 1.54) is 41.5 Å². The van der Waals surface area contributed by atoms with Crippen molar-refractivity contribution in [3.05, 3.63) is 0 Å². The Hall–Kier alpha value is -1.15. The van der Waals surface area contributed by atoms with Gasteiger partial charge in [0.2, 0.25) is 5.25 Å². The molecule has 0 aliphatic heterocycles. The predicted octanol–water partition coefficient (Wildman–Crippen LogP) is 1.49. The predicted molar refractivity (Wildman–Crippen MR) is 72.0 cm³/mol. The zero-order valence-corrected chi connectivity index (χ0v) is 13.3. The van der Waals surface area contributed by atoms with Crippen molar-refractivity contribution in [3.8, 4) is 0 Å². The smallest absolute Gasteiger partial charge is 0.325 e. The molecule has 118 valence electrons. The molecule has 0 aromatic carbocycles. The SMILES string of the molecule is CC(C)(C)C(C(=O)O)(C(C(=O)O)S(=O)(=O)O)C(C)(C)C. The van der Waals surface area contributed by atoms with Gasteiger partial charge in [-0.05, 0) is 10.8 Å². The van der Waals surface area contributed by atoms with Crippen LogP contribution in [0.4, 0.5) is 0 Å². The molecule has 0 fully saturated rings.